The third-order valence-electron chi connectivity index (χ3n) is 4.25. The molecule has 0 aliphatic carbocycles. The lowest BCUT2D eigenvalue weighted by atomic mass is 9.97. The number of rotatable bonds is 4. The van der Waals surface area contributed by atoms with Gasteiger partial charge in [-0.3, -0.25) is 4.79 Å². The number of thiazole rings is 1. The number of carbonyl (C=O) groups is 1. The van der Waals surface area contributed by atoms with Gasteiger partial charge in [0.15, 0.2) is 0 Å². The third kappa shape index (κ3) is 3.26. The van der Waals surface area contributed by atoms with Crippen molar-refractivity contribution in [2.75, 3.05) is 13.1 Å². The Balaban J connectivity index is 1.61. The van der Waals surface area contributed by atoms with Crippen molar-refractivity contribution in [2.45, 2.75) is 44.9 Å². The van der Waals surface area contributed by atoms with E-state index >= 15 is 0 Å². The molecule has 1 aromatic heterocycles. The fourth-order valence-electron chi connectivity index (χ4n) is 2.93. The number of hydrogen-bond acceptors (Lipinski definition) is 3. The zero-order valence-electron chi connectivity index (χ0n) is 12.5. The summed E-state index contributed by atoms with van der Waals surface area (Å²) in [6.07, 6.45) is 4.92. The van der Waals surface area contributed by atoms with Crippen LogP contribution in [0, 0.1) is 0 Å². The zero-order valence-corrected chi connectivity index (χ0v) is 13.4. The van der Waals surface area contributed by atoms with E-state index in [0.717, 1.165) is 44.3 Å². The molecule has 112 valence electrons. The number of likely N-dealkylation sites (tertiary alicyclic amines) is 1. The van der Waals surface area contributed by atoms with E-state index in [0.29, 0.717) is 18.2 Å². The Kier molecular flexibility index (Phi) is 4.54. The predicted molar refractivity (Wildman–Crippen MR) is 87.7 cm³/mol. The first-order valence-corrected chi connectivity index (χ1v) is 8.73. The molecule has 3 nitrogen and oxygen atoms in total. The molecule has 21 heavy (non-hydrogen) atoms. The largest absolute Gasteiger partial charge is 0.343 e. The molecule has 0 radical (unpaired) electrons. The van der Waals surface area contributed by atoms with Gasteiger partial charge in [0.25, 0.3) is 0 Å². The SMILES string of the molecule is CCCCC(=O)N1CCC(c2nc3ccccc3s2)CC1. The molecule has 0 bridgehead atoms. The maximum absolute atomic E-state index is 12.1. The molecular weight excluding hydrogens is 280 g/mol. The Morgan fingerprint density at radius 2 is 2.10 bits per heavy atom. The first-order chi connectivity index (χ1) is 10.3. The molecule has 1 aromatic carbocycles. The fraction of sp³-hybridized carbons (Fsp3) is 0.529. The van der Waals surface area contributed by atoms with Gasteiger partial charge in [0.05, 0.1) is 15.2 Å². The average Bonchev–Trinajstić information content (AvgIpc) is 2.96. The van der Waals surface area contributed by atoms with Crippen LogP contribution in [0.3, 0.4) is 0 Å². The van der Waals surface area contributed by atoms with Crippen LogP contribution in [-0.4, -0.2) is 28.9 Å². The highest BCUT2D eigenvalue weighted by Gasteiger charge is 2.25. The lowest BCUT2D eigenvalue weighted by molar-refractivity contribution is -0.132. The van der Waals surface area contributed by atoms with Gasteiger partial charge in [0.1, 0.15) is 0 Å². The molecule has 1 aliphatic rings. The summed E-state index contributed by atoms with van der Waals surface area (Å²) in [6.45, 7) is 3.92. The second-order valence-corrected chi connectivity index (χ2v) is 6.84. The number of unbranched alkanes of at least 4 members (excludes halogenated alkanes) is 1. The van der Waals surface area contributed by atoms with E-state index in [9.17, 15) is 4.79 Å². The van der Waals surface area contributed by atoms with E-state index in [1.54, 1.807) is 0 Å². The predicted octanol–water partition coefficient (Wildman–Crippen LogP) is 4.19. The summed E-state index contributed by atoms with van der Waals surface area (Å²) < 4.78 is 1.27. The topological polar surface area (TPSA) is 33.2 Å². The van der Waals surface area contributed by atoms with Crippen LogP contribution in [-0.2, 0) is 4.79 Å². The van der Waals surface area contributed by atoms with Crippen LogP contribution in [0.1, 0.15) is 50.0 Å². The van der Waals surface area contributed by atoms with Crippen LogP contribution in [0.2, 0.25) is 0 Å². The maximum atomic E-state index is 12.1. The van der Waals surface area contributed by atoms with Gasteiger partial charge < -0.3 is 4.90 Å². The molecule has 2 aromatic rings. The van der Waals surface area contributed by atoms with E-state index in [4.69, 9.17) is 4.98 Å². The first kappa shape index (κ1) is 14.5. The monoisotopic (exact) mass is 302 g/mol. The number of amides is 1. The summed E-state index contributed by atoms with van der Waals surface area (Å²) in [5, 5.41) is 1.25. The van der Waals surface area contributed by atoms with Crippen LogP contribution in [0.15, 0.2) is 24.3 Å². The summed E-state index contributed by atoms with van der Waals surface area (Å²) >= 11 is 1.81. The molecule has 0 atom stereocenters. The molecule has 4 heteroatoms. The summed E-state index contributed by atoms with van der Waals surface area (Å²) in [4.78, 5) is 18.9. The minimum Gasteiger partial charge on any atom is -0.343 e. The number of carbonyl (C=O) groups excluding carboxylic acids is 1. The fourth-order valence-corrected chi connectivity index (χ4v) is 4.06. The van der Waals surface area contributed by atoms with Gasteiger partial charge in [-0.25, -0.2) is 4.98 Å². The molecule has 1 amide bonds. The van der Waals surface area contributed by atoms with Gasteiger partial charge in [-0.2, -0.15) is 0 Å². The van der Waals surface area contributed by atoms with Gasteiger partial charge in [-0.15, -0.1) is 11.3 Å². The van der Waals surface area contributed by atoms with Gasteiger partial charge in [0.2, 0.25) is 5.91 Å². The molecule has 2 heterocycles. The van der Waals surface area contributed by atoms with Crippen molar-refractivity contribution in [2.24, 2.45) is 0 Å². The van der Waals surface area contributed by atoms with Crippen LogP contribution < -0.4 is 0 Å². The Labute approximate surface area is 130 Å². The van der Waals surface area contributed by atoms with Crippen molar-refractivity contribution >= 4 is 27.5 Å². The average molecular weight is 302 g/mol. The Morgan fingerprint density at radius 1 is 1.33 bits per heavy atom. The van der Waals surface area contributed by atoms with Crippen LogP contribution >= 0.6 is 11.3 Å². The molecule has 0 spiro atoms. The van der Waals surface area contributed by atoms with Crippen LogP contribution in [0.4, 0.5) is 0 Å². The lowest BCUT2D eigenvalue weighted by Crippen LogP contribution is -2.37. The molecule has 3 rings (SSSR count). The number of benzene rings is 1. The minimum absolute atomic E-state index is 0.333. The van der Waals surface area contributed by atoms with Crippen molar-refractivity contribution in [3.05, 3.63) is 29.3 Å². The molecule has 0 N–H and O–H groups in total. The number of nitrogens with zero attached hydrogens (tertiary/aromatic N) is 2. The van der Waals surface area contributed by atoms with Gasteiger partial charge in [0, 0.05) is 25.4 Å². The summed E-state index contributed by atoms with van der Waals surface area (Å²) in [7, 11) is 0. The number of fused-ring (bicyclic) bond motifs is 1. The van der Waals surface area contributed by atoms with E-state index in [-0.39, 0.29) is 0 Å². The molecule has 1 aliphatic heterocycles. The number of aromatic nitrogens is 1. The Morgan fingerprint density at radius 3 is 2.81 bits per heavy atom. The highest BCUT2D eigenvalue weighted by molar-refractivity contribution is 7.18. The van der Waals surface area contributed by atoms with Gasteiger partial charge >= 0.3 is 0 Å². The summed E-state index contributed by atoms with van der Waals surface area (Å²) in [5.74, 6) is 0.859. The molecular formula is C17H22N2OS. The normalized spacial score (nSPS) is 16.5. The zero-order chi connectivity index (χ0) is 14.7. The van der Waals surface area contributed by atoms with E-state index in [2.05, 4.69) is 25.1 Å². The van der Waals surface area contributed by atoms with Gasteiger partial charge in [-0.1, -0.05) is 25.5 Å². The lowest BCUT2D eigenvalue weighted by Gasteiger charge is -2.31. The van der Waals surface area contributed by atoms with Gasteiger partial charge in [-0.05, 0) is 31.4 Å². The van der Waals surface area contributed by atoms with Crippen molar-refractivity contribution in [1.82, 2.24) is 9.88 Å². The summed E-state index contributed by atoms with van der Waals surface area (Å²) in [5.41, 5.74) is 1.11. The minimum atomic E-state index is 0.333. The Hall–Kier alpha value is -1.42. The molecule has 0 unspecified atom stereocenters. The summed E-state index contributed by atoms with van der Waals surface area (Å²) in [6, 6.07) is 8.33. The van der Waals surface area contributed by atoms with Crippen molar-refractivity contribution < 1.29 is 4.79 Å². The van der Waals surface area contributed by atoms with E-state index in [1.165, 1.54) is 9.71 Å². The maximum Gasteiger partial charge on any atom is 0.222 e. The molecule has 1 fully saturated rings. The van der Waals surface area contributed by atoms with Crippen LogP contribution in [0.5, 0.6) is 0 Å². The first-order valence-electron chi connectivity index (χ1n) is 7.91. The third-order valence-corrected chi connectivity index (χ3v) is 5.45. The standard InChI is InChI=1S/C17H22N2OS/c1-2-3-8-16(20)19-11-9-13(10-12-19)17-18-14-6-4-5-7-15(14)21-17/h4-7,13H,2-3,8-12H2,1H3. The highest BCUT2D eigenvalue weighted by atomic mass is 32.1. The van der Waals surface area contributed by atoms with Crippen molar-refractivity contribution in [3.63, 3.8) is 0 Å². The van der Waals surface area contributed by atoms with E-state index < -0.39 is 0 Å². The smallest absolute Gasteiger partial charge is 0.222 e. The number of hydrogen-bond donors (Lipinski definition) is 0. The van der Waals surface area contributed by atoms with Crippen molar-refractivity contribution in [3.8, 4) is 0 Å². The molecule has 1 saturated heterocycles. The Bertz CT molecular complexity index is 581. The molecule has 0 saturated carbocycles. The second kappa shape index (κ2) is 6.56. The highest BCUT2D eigenvalue weighted by Crippen LogP contribution is 2.33. The number of para-hydroxylation sites is 1. The number of piperidine rings is 1. The second-order valence-electron chi connectivity index (χ2n) is 5.78. The quantitative estimate of drug-likeness (QED) is 0.848. The van der Waals surface area contributed by atoms with E-state index in [1.807, 2.05) is 22.3 Å². The van der Waals surface area contributed by atoms with Crippen LogP contribution in [0.25, 0.3) is 10.2 Å². The van der Waals surface area contributed by atoms with Crippen molar-refractivity contribution in [1.29, 1.82) is 0 Å².